The Hall–Kier alpha value is -2.20. The van der Waals surface area contributed by atoms with Crippen molar-refractivity contribution in [1.29, 1.82) is 0 Å². The summed E-state index contributed by atoms with van der Waals surface area (Å²) in [5.74, 6) is -1.63. The molecule has 30 heavy (non-hydrogen) atoms. The van der Waals surface area contributed by atoms with Crippen molar-refractivity contribution < 1.29 is 26.1 Å². The first-order chi connectivity index (χ1) is 14.2. The molecule has 0 unspecified atom stereocenters. The molecule has 0 spiro atoms. The molecule has 0 aliphatic heterocycles. The number of hydrogen-bond donors (Lipinski definition) is 1. The van der Waals surface area contributed by atoms with Gasteiger partial charge in [-0.05, 0) is 46.7 Å². The van der Waals surface area contributed by atoms with Gasteiger partial charge in [0.25, 0.3) is 10.1 Å². The number of allylic oxidation sites excluding steroid dienone is 1. The second kappa shape index (κ2) is 7.81. The zero-order valence-corrected chi connectivity index (χ0v) is 17.5. The molecule has 4 rings (SSSR count). The molecule has 4 nitrogen and oxygen atoms in total. The summed E-state index contributed by atoms with van der Waals surface area (Å²) in [7, 11) is -4.78. The maximum Gasteiger partial charge on any atom is 0.301 e. The predicted molar refractivity (Wildman–Crippen MR) is 109 cm³/mol. The van der Waals surface area contributed by atoms with Crippen LogP contribution in [-0.2, 0) is 23.0 Å². The van der Waals surface area contributed by atoms with Crippen molar-refractivity contribution >= 4 is 33.1 Å². The summed E-state index contributed by atoms with van der Waals surface area (Å²) in [5.41, 5.74) is 3.32. The second-order valence-electron chi connectivity index (χ2n) is 6.71. The fourth-order valence-corrected chi connectivity index (χ4v) is 5.75. The van der Waals surface area contributed by atoms with Gasteiger partial charge in [-0.3, -0.25) is 4.55 Å². The number of benzene rings is 2. The van der Waals surface area contributed by atoms with Gasteiger partial charge in [0.1, 0.15) is 14.2 Å². The Labute approximate surface area is 179 Å². The van der Waals surface area contributed by atoms with Crippen molar-refractivity contribution in [3.05, 3.63) is 69.5 Å². The van der Waals surface area contributed by atoms with Gasteiger partial charge in [-0.1, -0.05) is 35.9 Å². The average molecular weight is 472 g/mol. The lowest BCUT2D eigenvalue weighted by molar-refractivity contribution is 0.370. The van der Waals surface area contributed by atoms with Crippen LogP contribution in [0, 0.1) is 0 Å². The van der Waals surface area contributed by atoms with E-state index in [4.69, 9.17) is 11.6 Å². The summed E-state index contributed by atoms with van der Waals surface area (Å²) < 4.78 is 73.6. The van der Waals surface area contributed by atoms with E-state index in [0.29, 0.717) is 21.9 Å². The Morgan fingerprint density at radius 3 is 2.57 bits per heavy atom. The Kier molecular flexibility index (Phi) is 5.48. The highest BCUT2D eigenvalue weighted by Crippen LogP contribution is 2.47. The standard InChI is InChI=1S/C20H13ClF3NO3S2/c21-16-9-25-20(29-16)17-14-7-10-3-1-2-4-12(10)13(14)8-11(18(17)30(26,27)28)5-6-15(22)19(23)24/h1-4,8-9H,5-7H2,(H,26,27,28). The minimum absolute atomic E-state index is 0.0330. The van der Waals surface area contributed by atoms with Crippen LogP contribution >= 0.6 is 22.9 Å². The number of aromatic nitrogens is 1. The fourth-order valence-electron chi connectivity index (χ4n) is 3.73. The van der Waals surface area contributed by atoms with Crippen molar-refractivity contribution in [1.82, 2.24) is 4.98 Å². The smallest absolute Gasteiger partial charge is 0.282 e. The Balaban J connectivity index is 2.02. The van der Waals surface area contributed by atoms with E-state index >= 15 is 0 Å². The minimum Gasteiger partial charge on any atom is -0.282 e. The van der Waals surface area contributed by atoms with Gasteiger partial charge in [0.2, 0.25) is 0 Å². The van der Waals surface area contributed by atoms with Crippen LogP contribution in [0.2, 0.25) is 4.34 Å². The maximum atomic E-state index is 13.5. The molecule has 0 saturated carbocycles. The van der Waals surface area contributed by atoms with Crippen LogP contribution in [-0.4, -0.2) is 18.0 Å². The first-order valence-electron chi connectivity index (χ1n) is 8.72. The van der Waals surface area contributed by atoms with Crippen LogP contribution in [0.3, 0.4) is 0 Å². The van der Waals surface area contributed by atoms with E-state index in [0.717, 1.165) is 22.5 Å². The minimum atomic E-state index is -4.78. The highest BCUT2D eigenvalue weighted by molar-refractivity contribution is 7.86. The predicted octanol–water partition coefficient (Wildman–Crippen LogP) is 6.29. The number of halogens is 4. The Bertz CT molecular complexity index is 1300. The van der Waals surface area contributed by atoms with Crippen molar-refractivity contribution in [3.8, 4) is 21.7 Å². The maximum absolute atomic E-state index is 13.5. The molecule has 156 valence electrons. The molecule has 0 saturated heterocycles. The zero-order chi connectivity index (χ0) is 21.6. The number of aryl methyl sites for hydroxylation is 1. The normalized spacial score (nSPS) is 12.6. The third-order valence-electron chi connectivity index (χ3n) is 4.91. The van der Waals surface area contributed by atoms with Crippen molar-refractivity contribution in [2.24, 2.45) is 0 Å². The van der Waals surface area contributed by atoms with Crippen molar-refractivity contribution in [3.63, 3.8) is 0 Å². The molecule has 0 bridgehead atoms. The lowest BCUT2D eigenvalue weighted by atomic mass is 9.95. The van der Waals surface area contributed by atoms with Gasteiger partial charge in [-0.25, -0.2) is 9.37 Å². The monoisotopic (exact) mass is 471 g/mol. The molecule has 1 aliphatic rings. The molecule has 0 fully saturated rings. The zero-order valence-electron chi connectivity index (χ0n) is 15.1. The van der Waals surface area contributed by atoms with Gasteiger partial charge >= 0.3 is 6.08 Å². The molecule has 3 aromatic rings. The molecule has 1 heterocycles. The molecule has 1 aliphatic carbocycles. The van der Waals surface area contributed by atoms with E-state index < -0.39 is 33.3 Å². The molecule has 2 aromatic carbocycles. The molecule has 0 radical (unpaired) electrons. The lowest BCUT2D eigenvalue weighted by Gasteiger charge is -2.16. The van der Waals surface area contributed by atoms with E-state index in [1.54, 1.807) is 0 Å². The molecule has 1 N–H and O–H groups in total. The number of nitrogens with zero attached hydrogens (tertiary/aromatic N) is 1. The van der Waals surface area contributed by atoms with Crippen LogP contribution in [0.25, 0.3) is 21.7 Å². The molecular formula is C20H13ClF3NO3S2. The van der Waals surface area contributed by atoms with Crippen molar-refractivity contribution in [2.75, 3.05) is 0 Å². The van der Waals surface area contributed by atoms with E-state index in [9.17, 15) is 26.1 Å². The molecule has 0 amide bonds. The Morgan fingerprint density at radius 1 is 1.20 bits per heavy atom. The highest BCUT2D eigenvalue weighted by Gasteiger charge is 2.32. The quantitative estimate of drug-likeness (QED) is 0.347. The number of hydrogen-bond acceptors (Lipinski definition) is 4. The van der Waals surface area contributed by atoms with Crippen LogP contribution in [0.5, 0.6) is 0 Å². The van der Waals surface area contributed by atoms with E-state index in [-0.39, 0.29) is 22.6 Å². The number of thiazole rings is 1. The summed E-state index contributed by atoms with van der Waals surface area (Å²) in [6.07, 6.45) is -1.75. The molecule has 0 atom stereocenters. The summed E-state index contributed by atoms with van der Waals surface area (Å²) in [6, 6.07) is 8.94. The topological polar surface area (TPSA) is 67.3 Å². The fraction of sp³-hybridized carbons (Fsp3) is 0.150. The van der Waals surface area contributed by atoms with Crippen LogP contribution in [0.1, 0.15) is 23.1 Å². The third-order valence-corrected chi connectivity index (χ3v) is 7.02. The summed E-state index contributed by atoms with van der Waals surface area (Å²) in [6.45, 7) is 0. The Morgan fingerprint density at radius 2 is 1.93 bits per heavy atom. The summed E-state index contributed by atoms with van der Waals surface area (Å²) in [5, 5.41) is 0.270. The van der Waals surface area contributed by atoms with Gasteiger partial charge in [0.15, 0.2) is 5.83 Å². The van der Waals surface area contributed by atoms with Gasteiger partial charge in [0.05, 0.1) is 6.20 Å². The third kappa shape index (κ3) is 3.78. The average Bonchev–Trinajstić information content (AvgIpc) is 3.27. The largest absolute Gasteiger partial charge is 0.301 e. The molecule has 10 heteroatoms. The van der Waals surface area contributed by atoms with Crippen LogP contribution < -0.4 is 0 Å². The molecular weight excluding hydrogens is 459 g/mol. The van der Waals surface area contributed by atoms with Gasteiger partial charge in [-0.15, -0.1) is 11.3 Å². The van der Waals surface area contributed by atoms with Crippen LogP contribution in [0.15, 0.2) is 53.3 Å². The first kappa shape index (κ1) is 21.0. The second-order valence-corrected chi connectivity index (χ2v) is 9.73. The van der Waals surface area contributed by atoms with E-state index in [1.807, 2.05) is 24.3 Å². The van der Waals surface area contributed by atoms with Gasteiger partial charge in [-0.2, -0.15) is 17.2 Å². The lowest BCUT2D eigenvalue weighted by Crippen LogP contribution is -2.09. The van der Waals surface area contributed by atoms with Crippen molar-refractivity contribution in [2.45, 2.75) is 24.2 Å². The van der Waals surface area contributed by atoms with Crippen LogP contribution in [0.4, 0.5) is 13.2 Å². The van der Waals surface area contributed by atoms with E-state index in [2.05, 4.69) is 4.98 Å². The first-order valence-corrected chi connectivity index (χ1v) is 11.4. The molecule has 1 aromatic heterocycles. The number of rotatable bonds is 5. The van der Waals surface area contributed by atoms with Gasteiger partial charge < -0.3 is 0 Å². The highest BCUT2D eigenvalue weighted by atomic mass is 35.5. The van der Waals surface area contributed by atoms with Gasteiger partial charge in [0, 0.05) is 12.0 Å². The number of fused-ring (bicyclic) bond motifs is 3. The summed E-state index contributed by atoms with van der Waals surface area (Å²) >= 11 is 7.03. The SMILES string of the molecule is O=S(=O)(O)c1c(CCC(F)=C(F)F)cc2c(c1-c1ncc(Cl)s1)Cc1ccccc1-2. The van der Waals surface area contributed by atoms with E-state index in [1.165, 1.54) is 12.3 Å². The summed E-state index contributed by atoms with van der Waals surface area (Å²) in [4.78, 5) is 3.72.